The molecular weight excluding hydrogens is 426 g/mol. The molecule has 1 N–H and O–H groups in total. The molecule has 1 aliphatic heterocycles. The van der Waals surface area contributed by atoms with Crippen molar-refractivity contribution in [2.24, 2.45) is 0 Å². The van der Waals surface area contributed by atoms with Crippen LogP contribution in [0.1, 0.15) is 5.56 Å². The monoisotopic (exact) mass is 447 g/mol. The molecule has 4 rings (SSSR count). The first kappa shape index (κ1) is 20.6. The number of fused-ring (bicyclic) bond motifs is 1. The van der Waals surface area contributed by atoms with E-state index >= 15 is 0 Å². The number of carbonyl (C=O) groups is 1. The third kappa shape index (κ3) is 4.11. The van der Waals surface area contributed by atoms with Crippen molar-refractivity contribution in [1.82, 2.24) is 14.2 Å². The van der Waals surface area contributed by atoms with Crippen LogP contribution in [0.4, 0.5) is 0 Å². The molecule has 2 heterocycles. The van der Waals surface area contributed by atoms with Crippen LogP contribution in [0.2, 0.25) is 0 Å². The van der Waals surface area contributed by atoms with Crippen molar-refractivity contribution in [2.45, 2.75) is 11.3 Å². The summed E-state index contributed by atoms with van der Waals surface area (Å²) in [4.78, 5) is 28.4. The molecule has 1 amide bonds. The number of benzene rings is 2. The normalized spacial score (nSPS) is 15.4. The average Bonchev–Trinajstić information content (AvgIpc) is 3.13. The quantitative estimate of drug-likeness (QED) is 0.641. The fourth-order valence-corrected chi connectivity index (χ4v) is 5.78. The number of ether oxygens (including phenoxy) is 1. The van der Waals surface area contributed by atoms with E-state index in [1.807, 2.05) is 24.3 Å². The second-order valence-corrected chi connectivity index (χ2v) is 9.94. The fraction of sp³-hybridized carbons (Fsp3) is 0.300. The van der Waals surface area contributed by atoms with Gasteiger partial charge in [-0.15, -0.1) is 0 Å². The summed E-state index contributed by atoms with van der Waals surface area (Å²) >= 11 is 0.981. The van der Waals surface area contributed by atoms with E-state index in [2.05, 4.69) is 4.98 Å². The molecule has 2 aromatic carbocycles. The lowest BCUT2D eigenvalue weighted by atomic mass is 10.1. The Morgan fingerprint density at radius 2 is 1.90 bits per heavy atom. The van der Waals surface area contributed by atoms with Crippen LogP contribution in [0.25, 0.3) is 10.2 Å². The summed E-state index contributed by atoms with van der Waals surface area (Å²) in [5.41, 5.74) is 1.48. The molecule has 30 heavy (non-hydrogen) atoms. The Balaban J connectivity index is 1.42. The van der Waals surface area contributed by atoms with Gasteiger partial charge in [0.15, 0.2) is 0 Å². The van der Waals surface area contributed by atoms with Crippen LogP contribution < -0.4 is 9.61 Å². The lowest BCUT2D eigenvalue weighted by Crippen LogP contribution is -2.50. The largest absolute Gasteiger partial charge is 0.497 e. The van der Waals surface area contributed by atoms with Crippen LogP contribution in [0, 0.1) is 0 Å². The minimum atomic E-state index is -3.69. The highest BCUT2D eigenvalue weighted by molar-refractivity contribution is 7.89. The first-order valence-corrected chi connectivity index (χ1v) is 11.7. The molecule has 0 radical (unpaired) electrons. The Morgan fingerprint density at radius 1 is 1.13 bits per heavy atom. The second-order valence-electron chi connectivity index (χ2n) is 6.99. The van der Waals surface area contributed by atoms with Crippen LogP contribution in [-0.4, -0.2) is 61.8 Å². The number of rotatable bonds is 5. The molecule has 3 aromatic rings. The molecule has 158 valence electrons. The highest BCUT2D eigenvalue weighted by atomic mass is 32.2. The fourth-order valence-electron chi connectivity index (χ4n) is 3.48. The molecule has 0 bridgehead atoms. The number of hydrogen-bond donors (Lipinski definition) is 1. The summed E-state index contributed by atoms with van der Waals surface area (Å²) in [6, 6.07) is 12.0. The summed E-state index contributed by atoms with van der Waals surface area (Å²) in [7, 11) is -2.11. The zero-order valence-corrected chi connectivity index (χ0v) is 18.0. The van der Waals surface area contributed by atoms with Gasteiger partial charge in [-0.05, 0) is 35.9 Å². The number of nitrogens with zero attached hydrogens (tertiary/aromatic N) is 2. The molecule has 1 fully saturated rings. The lowest BCUT2D eigenvalue weighted by molar-refractivity contribution is -0.131. The topological polar surface area (TPSA) is 99.8 Å². The summed E-state index contributed by atoms with van der Waals surface area (Å²) in [6.07, 6.45) is 0.243. The van der Waals surface area contributed by atoms with Gasteiger partial charge >= 0.3 is 4.87 Å². The zero-order valence-electron chi connectivity index (χ0n) is 16.3. The molecule has 0 saturated carbocycles. The van der Waals surface area contributed by atoms with E-state index < -0.39 is 10.0 Å². The SMILES string of the molecule is COc1cccc(CC(=O)N2CCN(S(=O)(=O)c3ccc4[nH]c(=O)sc4c3)CC2)c1. The van der Waals surface area contributed by atoms with Gasteiger partial charge < -0.3 is 14.6 Å². The number of H-pyrrole nitrogens is 1. The number of aromatic amines is 1. The van der Waals surface area contributed by atoms with Crippen molar-refractivity contribution in [1.29, 1.82) is 0 Å². The number of sulfonamides is 1. The van der Waals surface area contributed by atoms with Gasteiger partial charge in [0.1, 0.15) is 5.75 Å². The van der Waals surface area contributed by atoms with Crippen molar-refractivity contribution in [2.75, 3.05) is 33.3 Å². The van der Waals surface area contributed by atoms with E-state index in [1.54, 1.807) is 18.1 Å². The van der Waals surface area contributed by atoms with Crippen LogP contribution in [-0.2, 0) is 21.2 Å². The first-order valence-electron chi connectivity index (χ1n) is 9.40. The highest BCUT2D eigenvalue weighted by Gasteiger charge is 2.30. The summed E-state index contributed by atoms with van der Waals surface area (Å²) in [6.45, 7) is 1.13. The minimum Gasteiger partial charge on any atom is -0.497 e. The van der Waals surface area contributed by atoms with E-state index in [-0.39, 0.29) is 35.2 Å². The first-order chi connectivity index (χ1) is 14.4. The van der Waals surface area contributed by atoms with Gasteiger partial charge in [-0.1, -0.05) is 23.5 Å². The molecule has 1 saturated heterocycles. The van der Waals surface area contributed by atoms with Crippen molar-refractivity contribution in [3.8, 4) is 5.75 Å². The van der Waals surface area contributed by atoms with Crippen molar-refractivity contribution >= 4 is 37.5 Å². The smallest absolute Gasteiger partial charge is 0.305 e. The van der Waals surface area contributed by atoms with E-state index in [0.717, 1.165) is 16.9 Å². The van der Waals surface area contributed by atoms with Gasteiger partial charge in [0.25, 0.3) is 0 Å². The Kier molecular flexibility index (Phi) is 5.63. The van der Waals surface area contributed by atoms with Crippen LogP contribution in [0.5, 0.6) is 5.75 Å². The molecule has 0 spiro atoms. The average molecular weight is 448 g/mol. The summed E-state index contributed by atoms with van der Waals surface area (Å²) in [5, 5.41) is 0. The van der Waals surface area contributed by atoms with E-state index in [4.69, 9.17) is 4.74 Å². The summed E-state index contributed by atoms with van der Waals surface area (Å²) < 4.78 is 33.2. The third-order valence-corrected chi connectivity index (χ3v) is 7.85. The van der Waals surface area contributed by atoms with Crippen molar-refractivity contribution < 1.29 is 17.9 Å². The van der Waals surface area contributed by atoms with E-state index in [0.29, 0.717) is 29.1 Å². The second kappa shape index (κ2) is 8.21. The number of thiazole rings is 1. The Morgan fingerprint density at radius 3 is 2.63 bits per heavy atom. The molecule has 0 unspecified atom stereocenters. The molecular formula is C20H21N3O5S2. The molecule has 0 atom stereocenters. The maximum absolute atomic E-state index is 13.0. The number of nitrogens with one attached hydrogen (secondary N) is 1. The highest BCUT2D eigenvalue weighted by Crippen LogP contribution is 2.23. The van der Waals surface area contributed by atoms with Gasteiger partial charge in [-0.2, -0.15) is 4.31 Å². The lowest BCUT2D eigenvalue weighted by Gasteiger charge is -2.34. The van der Waals surface area contributed by atoms with Gasteiger partial charge in [0.05, 0.1) is 28.6 Å². The predicted octanol–water partition coefficient (Wildman–Crippen LogP) is 1.67. The number of aromatic nitrogens is 1. The Hall–Kier alpha value is -2.69. The zero-order chi connectivity index (χ0) is 21.3. The van der Waals surface area contributed by atoms with Crippen LogP contribution in [0.3, 0.4) is 0 Å². The van der Waals surface area contributed by atoms with Gasteiger partial charge in [-0.3, -0.25) is 9.59 Å². The number of piperazine rings is 1. The number of hydrogen-bond acceptors (Lipinski definition) is 6. The van der Waals surface area contributed by atoms with Crippen molar-refractivity contribution in [3.63, 3.8) is 0 Å². The van der Waals surface area contributed by atoms with Gasteiger partial charge in [0.2, 0.25) is 15.9 Å². The molecule has 10 heteroatoms. The maximum Gasteiger partial charge on any atom is 0.305 e. The molecule has 1 aliphatic rings. The number of amides is 1. The summed E-state index contributed by atoms with van der Waals surface area (Å²) in [5.74, 6) is 0.652. The van der Waals surface area contributed by atoms with E-state index in [9.17, 15) is 18.0 Å². The molecule has 1 aromatic heterocycles. The van der Waals surface area contributed by atoms with Crippen LogP contribution in [0.15, 0.2) is 52.2 Å². The van der Waals surface area contributed by atoms with Crippen molar-refractivity contribution in [3.05, 3.63) is 57.7 Å². The third-order valence-electron chi connectivity index (χ3n) is 5.11. The van der Waals surface area contributed by atoms with Gasteiger partial charge in [0, 0.05) is 26.2 Å². The Labute approximate surface area is 177 Å². The maximum atomic E-state index is 13.0. The molecule has 8 nitrogen and oxygen atoms in total. The standard InChI is InChI=1S/C20H21N3O5S2/c1-28-15-4-2-3-14(11-15)12-19(24)22-7-9-23(10-8-22)30(26,27)16-5-6-17-18(13-16)29-20(25)21-17/h2-6,11,13H,7-10,12H2,1H3,(H,21,25). The Bertz CT molecular complexity index is 1240. The number of carbonyl (C=O) groups excluding carboxylic acids is 1. The predicted molar refractivity (Wildman–Crippen MR) is 114 cm³/mol. The number of methoxy groups -OCH3 is 1. The molecule has 0 aliphatic carbocycles. The minimum absolute atomic E-state index is 0.0428. The van der Waals surface area contributed by atoms with Gasteiger partial charge in [-0.25, -0.2) is 8.42 Å². The van der Waals surface area contributed by atoms with E-state index in [1.165, 1.54) is 16.4 Å². The van der Waals surface area contributed by atoms with Crippen LogP contribution >= 0.6 is 11.3 Å².